The van der Waals surface area contributed by atoms with Gasteiger partial charge in [-0.2, -0.15) is 0 Å². The summed E-state index contributed by atoms with van der Waals surface area (Å²) in [6.45, 7) is 7.22. The quantitative estimate of drug-likeness (QED) is 0.732. The molecule has 0 aliphatic carbocycles. The van der Waals surface area contributed by atoms with Crippen molar-refractivity contribution in [3.63, 3.8) is 0 Å². The van der Waals surface area contributed by atoms with E-state index in [-0.39, 0.29) is 6.03 Å². The minimum Gasteiger partial charge on any atom is -0.492 e. The predicted molar refractivity (Wildman–Crippen MR) is 97.2 cm³/mol. The summed E-state index contributed by atoms with van der Waals surface area (Å²) in [6.07, 6.45) is 1.95. The number of hydrogen-bond donors (Lipinski definition) is 1. The van der Waals surface area contributed by atoms with Gasteiger partial charge in [0.2, 0.25) is 0 Å². The molecule has 1 heterocycles. The average molecular weight is 404 g/mol. The van der Waals surface area contributed by atoms with Gasteiger partial charge in [-0.15, -0.1) is 0 Å². The van der Waals surface area contributed by atoms with E-state index in [2.05, 4.69) is 35.1 Å². The van der Waals surface area contributed by atoms with Gasteiger partial charge in [0.1, 0.15) is 5.75 Å². The van der Waals surface area contributed by atoms with Crippen LogP contribution in [-0.2, 0) is 0 Å². The Morgan fingerprint density at radius 3 is 2.74 bits per heavy atom. The Bertz CT molecular complexity index is 531. The number of piperidine rings is 1. The molecule has 2 unspecified atom stereocenters. The van der Waals surface area contributed by atoms with Gasteiger partial charge in [0.05, 0.1) is 11.6 Å². The van der Waals surface area contributed by atoms with Crippen LogP contribution in [0.1, 0.15) is 26.7 Å². The third kappa shape index (κ3) is 5.88. The first kappa shape index (κ1) is 18.4. The van der Waals surface area contributed by atoms with Crippen molar-refractivity contribution >= 4 is 33.6 Å². The van der Waals surface area contributed by atoms with Gasteiger partial charge in [-0.25, -0.2) is 4.79 Å². The minimum atomic E-state index is 0.0325. The molecule has 2 rings (SSSR count). The fourth-order valence-corrected chi connectivity index (χ4v) is 3.71. The van der Waals surface area contributed by atoms with Crippen LogP contribution < -0.4 is 10.1 Å². The number of carbonyl (C=O) groups is 1. The number of hydrogen-bond acceptors (Lipinski definition) is 2. The van der Waals surface area contributed by atoms with E-state index >= 15 is 0 Å². The molecule has 0 aromatic heterocycles. The fraction of sp³-hybridized carbons (Fsp3) is 0.588. The van der Waals surface area contributed by atoms with Crippen LogP contribution in [0.25, 0.3) is 0 Å². The zero-order valence-corrected chi connectivity index (χ0v) is 16.0. The van der Waals surface area contributed by atoms with Crippen LogP contribution in [0.4, 0.5) is 4.79 Å². The lowest BCUT2D eigenvalue weighted by Gasteiger charge is -2.34. The van der Waals surface area contributed by atoms with Crippen molar-refractivity contribution in [3.05, 3.63) is 27.7 Å². The number of rotatable bonds is 5. The van der Waals surface area contributed by atoms with Gasteiger partial charge in [-0.05, 0) is 42.9 Å². The van der Waals surface area contributed by atoms with Crippen molar-refractivity contribution in [1.82, 2.24) is 10.2 Å². The van der Waals surface area contributed by atoms with Crippen LogP contribution in [0.15, 0.2) is 22.7 Å². The summed E-state index contributed by atoms with van der Waals surface area (Å²) in [5.74, 6) is 1.82. The molecule has 1 aromatic rings. The number of ether oxygens (including phenoxy) is 1. The molecule has 4 nitrogen and oxygen atoms in total. The van der Waals surface area contributed by atoms with Crippen molar-refractivity contribution in [2.45, 2.75) is 26.7 Å². The monoisotopic (exact) mass is 402 g/mol. The lowest BCUT2D eigenvalue weighted by Crippen LogP contribution is -2.47. The summed E-state index contributed by atoms with van der Waals surface area (Å²) >= 11 is 9.45. The Balaban J connectivity index is 1.66. The maximum Gasteiger partial charge on any atom is 0.317 e. The summed E-state index contributed by atoms with van der Waals surface area (Å²) in [4.78, 5) is 14.1. The molecule has 128 valence electrons. The standard InChI is InChI=1S/C17H24BrClN2O2/c1-12-8-13(2)11-21(10-12)17(22)20-6-3-7-23-16-5-4-14(18)9-15(16)19/h4-5,9,12-13H,3,6-8,10-11H2,1-2H3,(H,20,22). The Kier molecular flexibility index (Phi) is 7.03. The van der Waals surface area contributed by atoms with Gasteiger partial charge in [0.25, 0.3) is 0 Å². The van der Waals surface area contributed by atoms with Gasteiger partial charge in [-0.3, -0.25) is 0 Å². The molecular formula is C17H24BrClN2O2. The lowest BCUT2D eigenvalue weighted by atomic mass is 9.92. The Hall–Kier alpha value is -0.940. The fourth-order valence-electron chi connectivity index (χ4n) is 2.98. The number of likely N-dealkylation sites (tertiary alicyclic amines) is 1. The molecule has 0 radical (unpaired) electrons. The molecule has 1 N–H and O–H groups in total. The molecule has 2 amide bonds. The molecule has 23 heavy (non-hydrogen) atoms. The summed E-state index contributed by atoms with van der Waals surface area (Å²) < 4.78 is 6.56. The molecule has 1 aliphatic rings. The van der Waals surface area contributed by atoms with Gasteiger partial charge in [0, 0.05) is 24.1 Å². The Morgan fingerprint density at radius 2 is 2.09 bits per heavy atom. The van der Waals surface area contributed by atoms with Crippen molar-refractivity contribution in [1.29, 1.82) is 0 Å². The summed E-state index contributed by atoms with van der Waals surface area (Å²) in [7, 11) is 0. The van der Waals surface area contributed by atoms with Gasteiger partial charge in [0.15, 0.2) is 0 Å². The number of urea groups is 1. The van der Waals surface area contributed by atoms with Crippen LogP contribution in [0, 0.1) is 11.8 Å². The zero-order valence-electron chi connectivity index (χ0n) is 13.6. The first-order valence-corrected chi connectivity index (χ1v) is 9.23. The van der Waals surface area contributed by atoms with E-state index in [9.17, 15) is 4.79 Å². The number of nitrogens with one attached hydrogen (secondary N) is 1. The Labute approximate surface area is 151 Å². The van der Waals surface area contributed by atoms with Crippen molar-refractivity contribution in [2.75, 3.05) is 26.2 Å². The van der Waals surface area contributed by atoms with E-state index in [4.69, 9.17) is 16.3 Å². The normalized spacial score (nSPS) is 21.1. The second-order valence-corrected chi connectivity index (χ2v) is 7.68. The lowest BCUT2D eigenvalue weighted by molar-refractivity contribution is 0.145. The second-order valence-electron chi connectivity index (χ2n) is 6.36. The third-order valence-electron chi connectivity index (χ3n) is 3.90. The topological polar surface area (TPSA) is 41.6 Å². The van der Waals surface area contributed by atoms with E-state index < -0.39 is 0 Å². The molecule has 0 bridgehead atoms. The van der Waals surface area contributed by atoms with Crippen LogP contribution >= 0.6 is 27.5 Å². The SMILES string of the molecule is CC1CC(C)CN(C(=O)NCCCOc2ccc(Br)cc2Cl)C1. The van der Waals surface area contributed by atoms with Crippen LogP contribution in [0.5, 0.6) is 5.75 Å². The number of amides is 2. The van der Waals surface area contributed by atoms with Crippen LogP contribution in [0.2, 0.25) is 5.02 Å². The van der Waals surface area contributed by atoms with E-state index in [0.29, 0.717) is 35.8 Å². The van der Waals surface area contributed by atoms with Crippen molar-refractivity contribution < 1.29 is 9.53 Å². The second kappa shape index (κ2) is 8.78. The molecule has 6 heteroatoms. The zero-order chi connectivity index (χ0) is 16.8. The number of halogens is 2. The van der Waals surface area contributed by atoms with Crippen LogP contribution in [0.3, 0.4) is 0 Å². The van der Waals surface area contributed by atoms with E-state index in [1.165, 1.54) is 6.42 Å². The minimum absolute atomic E-state index is 0.0325. The predicted octanol–water partition coefficient (Wildman–Crippen LogP) is 4.56. The highest BCUT2D eigenvalue weighted by Crippen LogP contribution is 2.27. The summed E-state index contributed by atoms with van der Waals surface area (Å²) in [6, 6.07) is 5.56. The smallest absolute Gasteiger partial charge is 0.317 e. The van der Waals surface area contributed by atoms with E-state index in [1.807, 2.05) is 17.0 Å². The third-order valence-corrected chi connectivity index (χ3v) is 4.69. The van der Waals surface area contributed by atoms with Gasteiger partial charge in [-0.1, -0.05) is 41.4 Å². The maximum absolute atomic E-state index is 12.2. The first-order chi connectivity index (χ1) is 11.0. The largest absolute Gasteiger partial charge is 0.492 e. The summed E-state index contributed by atoms with van der Waals surface area (Å²) in [5.41, 5.74) is 0. The molecular weight excluding hydrogens is 380 g/mol. The summed E-state index contributed by atoms with van der Waals surface area (Å²) in [5, 5.41) is 3.55. The van der Waals surface area contributed by atoms with Gasteiger partial charge < -0.3 is 15.0 Å². The van der Waals surface area contributed by atoms with Gasteiger partial charge >= 0.3 is 6.03 Å². The Morgan fingerprint density at radius 1 is 1.39 bits per heavy atom. The molecule has 0 saturated carbocycles. The highest BCUT2D eigenvalue weighted by molar-refractivity contribution is 9.10. The van der Waals surface area contributed by atoms with E-state index in [1.54, 1.807) is 6.07 Å². The van der Waals surface area contributed by atoms with E-state index in [0.717, 1.165) is 24.0 Å². The highest BCUT2D eigenvalue weighted by atomic mass is 79.9. The average Bonchev–Trinajstić information content (AvgIpc) is 2.47. The molecule has 1 saturated heterocycles. The van der Waals surface area contributed by atoms with Crippen LogP contribution in [-0.4, -0.2) is 37.2 Å². The molecule has 0 spiro atoms. The van der Waals surface area contributed by atoms with Crippen molar-refractivity contribution in [3.8, 4) is 5.75 Å². The number of nitrogens with zero attached hydrogens (tertiary/aromatic N) is 1. The maximum atomic E-state index is 12.2. The first-order valence-electron chi connectivity index (χ1n) is 8.06. The number of benzene rings is 1. The van der Waals surface area contributed by atoms with Crippen molar-refractivity contribution in [2.24, 2.45) is 11.8 Å². The molecule has 2 atom stereocenters. The molecule has 1 aliphatic heterocycles. The molecule has 1 fully saturated rings. The highest BCUT2D eigenvalue weighted by Gasteiger charge is 2.24. The molecule has 1 aromatic carbocycles. The number of carbonyl (C=O) groups excluding carboxylic acids is 1.